The van der Waals surface area contributed by atoms with Crippen molar-refractivity contribution in [3.63, 3.8) is 0 Å². The quantitative estimate of drug-likeness (QED) is 0.699. The first-order chi connectivity index (χ1) is 12.9. The fraction of sp³-hybridized carbons (Fsp3) is 0.381. The lowest BCUT2D eigenvalue weighted by atomic mass is 9.98. The smallest absolute Gasteiger partial charge is 0.171 e. The van der Waals surface area contributed by atoms with E-state index in [0.717, 1.165) is 30.6 Å². The summed E-state index contributed by atoms with van der Waals surface area (Å²) in [4.78, 5) is 2.42. The van der Waals surface area contributed by atoms with Gasteiger partial charge in [-0.1, -0.05) is 19.1 Å². The number of anilines is 2. The van der Waals surface area contributed by atoms with E-state index in [2.05, 4.69) is 46.7 Å². The Labute approximate surface area is 164 Å². The van der Waals surface area contributed by atoms with Crippen molar-refractivity contribution in [3.05, 3.63) is 59.7 Å². The lowest BCUT2D eigenvalue weighted by Gasteiger charge is -2.32. The van der Waals surface area contributed by atoms with Gasteiger partial charge in [0.05, 0.1) is 11.7 Å². The fourth-order valence-corrected chi connectivity index (χ4v) is 3.56. The van der Waals surface area contributed by atoms with E-state index in [9.17, 15) is 8.78 Å². The van der Waals surface area contributed by atoms with Crippen molar-refractivity contribution >= 4 is 28.7 Å². The van der Waals surface area contributed by atoms with Gasteiger partial charge in [-0.05, 0) is 67.7 Å². The molecule has 1 unspecified atom stereocenters. The van der Waals surface area contributed by atoms with Crippen molar-refractivity contribution in [2.75, 3.05) is 23.3 Å². The van der Waals surface area contributed by atoms with Gasteiger partial charge in [-0.3, -0.25) is 0 Å². The van der Waals surface area contributed by atoms with E-state index in [4.69, 9.17) is 12.2 Å². The van der Waals surface area contributed by atoms with E-state index in [0.29, 0.717) is 5.11 Å². The van der Waals surface area contributed by atoms with Gasteiger partial charge in [0.15, 0.2) is 5.11 Å². The Morgan fingerprint density at radius 3 is 2.41 bits per heavy atom. The van der Waals surface area contributed by atoms with Crippen molar-refractivity contribution in [1.29, 1.82) is 0 Å². The third kappa shape index (κ3) is 5.16. The molecule has 0 aliphatic carbocycles. The molecule has 27 heavy (non-hydrogen) atoms. The van der Waals surface area contributed by atoms with Gasteiger partial charge in [0.1, 0.15) is 11.6 Å². The molecule has 0 bridgehead atoms. The van der Waals surface area contributed by atoms with Crippen LogP contribution in [0.2, 0.25) is 0 Å². The molecular weight excluding hydrogens is 364 g/mol. The minimum absolute atomic E-state index is 0.0380. The van der Waals surface area contributed by atoms with Gasteiger partial charge in [0.2, 0.25) is 0 Å². The van der Waals surface area contributed by atoms with E-state index in [1.807, 2.05) is 6.92 Å². The second kappa shape index (κ2) is 8.65. The summed E-state index contributed by atoms with van der Waals surface area (Å²) in [5, 5.41) is 6.21. The van der Waals surface area contributed by atoms with Gasteiger partial charge in [-0.2, -0.15) is 0 Å². The Hall–Kier alpha value is -2.21. The molecule has 2 aromatic carbocycles. The lowest BCUT2D eigenvalue weighted by Crippen LogP contribution is -2.33. The van der Waals surface area contributed by atoms with Gasteiger partial charge in [0.25, 0.3) is 0 Å². The van der Waals surface area contributed by atoms with Crippen molar-refractivity contribution in [1.82, 2.24) is 5.32 Å². The highest BCUT2D eigenvalue weighted by Gasteiger charge is 2.16. The van der Waals surface area contributed by atoms with Crippen LogP contribution in [-0.2, 0) is 0 Å². The Morgan fingerprint density at radius 2 is 1.78 bits per heavy atom. The monoisotopic (exact) mass is 389 g/mol. The highest BCUT2D eigenvalue weighted by atomic mass is 32.1. The van der Waals surface area contributed by atoms with Crippen LogP contribution in [0.4, 0.5) is 20.2 Å². The minimum atomic E-state index is -0.674. The van der Waals surface area contributed by atoms with Crippen LogP contribution in [0, 0.1) is 17.6 Å². The van der Waals surface area contributed by atoms with Crippen LogP contribution in [0.5, 0.6) is 0 Å². The highest BCUT2D eigenvalue weighted by Crippen LogP contribution is 2.24. The van der Waals surface area contributed by atoms with Gasteiger partial charge in [-0.15, -0.1) is 0 Å². The maximum Gasteiger partial charge on any atom is 0.171 e. The van der Waals surface area contributed by atoms with Gasteiger partial charge < -0.3 is 15.5 Å². The molecule has 0 aromatic heterocycles. The Kier molecular flexibility index (Phi) is 6.26. The molecule has 0 radical (unpaired) electrons. The summed E-state index contributed by atoms with van der Waals surface area (Å²) >= 11 is 5.25. The van der Waals surface area contributed by atoms with Crippen LogP contribution in [0.1, 0.15) is 38.3 Å². The first-order valence-corrected chi connectivity index (χ1v) is 9.70. The molecule has 3 nitrogen and oxygen atoms in total. The second-order valence-corrected chi connectivity index (χ2v) is 7.61. The van der Waals surface area contributed by atoms with Gasteiger partial charge in [0, 0.05) is 24.8 Å². The van der Waals surface area contributed by atoms with E-state index < -0.39 is 11.6 Å². The van der Waals surface area contributed by atoms with Crippen LogP contribution in [-0.4, -0.2) is 18.2 Å². The lowest BCUT2D eigenvalue weighted by molar-refractivity contribution is 0.438. The first-order valence-electron chi connectivity index (χ1n) is 9.30. The third-order valence-corrected chi connectivity index (χ3v) is 5.29. The molecule has 2 aromatic rings. The zero-order valence-corrected chi connectivity index (χ0v) is 16.5. The Balaban J connectivity index is 1.57. The maximum absolute atomic E-state index is 13.7. The topological polar surface area (TPSA) is 27.3 Å². The molecule has 1 saturated heterocycles. The highest BCUT2D eigenvalue weighted by molar-refractivity contribution is 7.80. The summed E-state index contributed by atoms with van der Waals surface area (Å²) in [5.41, 5.74) is 2.48. The standard InChI is InChI=1S/C21H25F2N3S/c1-14-9-11-26(12-10-14)18-6-3-16(4-7-18)15(2)24-21(27)25-20-8-5-17(22)13-19(20)23/h3-8,13-15H,9-12H2,1-2H3,(H2,24,25,27). The summed E-state index contributed by atoms with van der Waals surface area (Å²) < 4.78 is 26.7. The van der Waals surface area contributed by atoms with Gasteiger partial charge in [-0.25, -0.2) is 8.78 Å². The van der Waals surface area contributed by atoms with Gasteiger partial charge >= 0.3 is 0 Å². The Bertz CT molecular complexity index is 787. The van der Waals surface area contributed by atoms with E-state index >= 15 is 0 Å². The molecule has 0 saturated carbocycles. The number of hydrogen-bond donors (Lipinski definition) is 2. The van der Waals surface area contributed by atoms with E-state index in [-0.39, 0.29) is 11.7 Å². The van der Waals surface area contributed by atoms with E-state index in [1.54, 1.807) is 0 Å². The maximum atomic E-state index is 13.7. The molecule has 2 N–H and O–H groups in total. The molecule has 1 atom stereocenters. The SMILES string of the molecule is CC1CCN(c2ccc(C(C)NC(=S)Nc3ccc(F)cc3F)cc2)CC1. The summed E-state index contributed by atoms with van der Waals surface area (Å²) in [5.74, 6) is -0.482. The molecule has 144 valence electrons. The minimum Gasteiger partial charge on any atom is -0.372 e. The summed E-state index contributed by atoms with van der Waals surface area (Å²) in [6, 6.07) is 11.8. The van der Waals surface area contributed by atoms with Crippen molar-refractivity contribution in [3.8, 4) is 0 Å². The van der Waals surface area contributed by atoms with Crippen LogP contribution in [0.25, 0.3) is 0 Å². The fourth-order valence-electron chi connectivity index (χ4n) is 3.27. The van der Waals surface area contributed by atoms with Crippen LogP contribution in [0.3, 0.4) is 0 Å². The molecule has 1 aliphatic heterocycles. The van der Waals surface area contributed by atoms with Crippen LogP contribution >= 0.6 is 12.2 Å². The van der Waals surface area contributed by atoms with E-state index in [1.165, 1.54) is 30.7 Å². The average molecular weight is 390 g/mol. The number of nitrogens with zero attached hydrogens (tertiary/aromatic N) is 1. The van der Waals surface area contributed by atoms with Crippen LogP contribution < -0.4 is 15.5 Å². The zero-order chi connectivity index (χ0) is 19.4. The molecule has 0 amide bonds. The van der Waals surface area contributed by atoms with Crippen molar-refractivity contribution in [2.45, 2.75) is 32.7 Å². The number of nitrogens with one attached hydrogen (secondary N) is 2. The molecule has 1 fully saturated rings. The van der Waals surface area contributed by atoms with Crippen LogP contribution in [0.15, 0.2) is 42.5 Å². The molecule has 1 aliphatic rings. The predicted molar refractivity (Wildman–Crippen MR) is 111 cm³/mol. The molecule has 3 rings (SSSR count). The third-order valence-electron chi connectivity index (χ3n) is 5.07. The number of halogens is 2. The summed E-state index contributed by atoms with van der Waals surface area (Å²) in [7, 11) is 0. The number of thiocarbonyl (C=S) groups is 1. The number of hydrogen-bond acceptors (Lipinski definition) is 2. The van der Waals surface area contributed by atoms with Crippen molar-refractivity contribution < 1.29 is 8.78 Å². The first kappa shape index (κ1) is 19.5. The summed E-state index contributed by atoms with van der Waals surface area (Å²) in [6.45, 7) is 6.51. The molecule has 0 spiro atoms. The van der Waals surface area contributed by atoms with Crippen molar-refractivity contribution in [2.24, 2.45) is 5.92 Å². The molecular formula is C21H25F2N3S. The Morgan fingerprint density at radius 1 is 1.11 bits per heavy atom. The summed E-state index contributed by atoms with van der Waals surface area (Å²) in [6.07, 6.45) is 2.47. The number of piperidine rings is 1. The largest absolute Gasteiger partial charge is 0.372 e. The zero-order valence-electron chi connectivity index (χ0n) is 15.6. The number of rotatable bonds is 4. The normalized spacial score (nSPS) is 16.1. The molecule has 6 heteroatoms. The number of benzene rings is 2. The molecule has 1 heterocycles. The average Bonchev–Trinajstić information content (AvgIpc) is 2.65. The predicted octanol–water partition coefficient (Wildman–Crippen LogP) is 5.25. The second-order valence-electron chi connectivity index (χ2n) is 7.21.